The van der Waals surface area contributed by atoms with Gasteiger partial charge in [0, 0.05) is 17.1 Å². The second-order valence-corrected chi connectivity index (χ2v) is 5.76. The highest BCUT2D eigenvalue weighted by Gasteiger charge is 2.09. The summed E-state index contributed by atoms with van der Waals surface area (Å²) in [5.74, 6) is 0.494. The average molecular weight is 284 g/mol. The molecule has 0 bridgehead atoms. The Morgan fingerprint density at radius 3 is 3.06 bits per heavy atom. The van der Waals surface area contributed by atoms with E-state index in [-0.39, 0.29) is 0 Å². The van der Waals surface area contributed by atoms with Gasteiger partial charge in [0.2, 0.25) is 0 Å². The van der Waals surface area contributed by atoms with Gasteiger partial charge in [-0.2, -0.15) is 19.6 Å². The van der Waals surface area contributed by atoms with Crippen molar-refractivity contribution in [1.29, 1.82) is 0 Å². The highest BCUT2D eigenvalue weighted by Crippen LogP contribution is 2.30. The molecule has 0 aliphatic heterocycles. The summed E-state index contributed by atoms with van der Waals surface area (Å²) in [7, 11) is 0. The van der Waals surface area contributed by atoms with Crippen LogP contribution in [0.25, 0.3) is 5.78 Å². The zero-order chi connectivity index (χ0) is 11.8. The molecule has 0 spiro atoms. The van der Waals surface area contributed by atoms with Crippen LogP contribution >= 0.6 is 34.7 Å². The number of halogens is 1. The molecule has 0 fully saturated rings. The van der Waals surface area contributed by atoms with E-state index in [9.17, 15) is 0 Å². The maximum atomic E-state index is 5.93. The molecular weight excluding hydrogens is 278 g/mol. The van der Waals surface area contributed by atoms with Crippen LogP contribution < -0.4 is 0 Å². The van der Waals surface area contributed by atoms with Gasteiger partial charge in [-0.15, -0.1) is 11.3 Å². The lowest BCUT2D eigenvalue weighted by molar-refractivity contribution is 0.842. The maximum Gasteiger partial charge on any atom is 0.254 e. The lowest BCUT2D eigenvalue weighted by Crippen LogP contribution is -1.95. The maximum absolute atomic E-state index is 5.93. The van der Waals surface area contributed by atoms with Gasteiger partial charge >= 0.3 is 0 Å². The molecule has 3 aromatic rings. The predicted molar refractivity (Wildman–Crippen MR) is 66.8 cm³/mol. The summed E-state index contributed by atoms with van der Waals surface area (Å²) in [5.41, 5.74) is 1.01. The molecule has 0 radical (unpaired) electrons. The van der Waals surface area contributed by atoms with E-state index in [4.69, 9.17) is 11.6 Å². The number of thiazole rings is 1. The highest BCUT2D eigenvalue weighted by molar-refractivity contribution is 8.01. The van der Waals surface area contributed by atoms with Crippen molar-refractivity contribution in [2.24, 2.45) is 0 Å². The van der Waals surface area contributed by atoms with Crippen LogP contribution in [-0.2, 0) is 0 Å². The molecule has 0 aliphatic carbocycles. The third-order valence-corrected chi connectivity index (χ3v) is 4.23. The number of hydrogen-bond acceptors (Lipinski definition) is 6. The molecule has 0 N–H and O–H groups in total. The molecule has 8 heteroatoms. The zero-order valence-electron chi connectivity index (χ0n) is 8.66. The van der Waals surface area contributed by atoms with E-state index < -0.39 is 0 Å². The van der Waals surface area contributed by atoms with E-state index in [1.165, 1.54) is 18.1 Å². The smallest absolute Gasteiger partial charge is 0.235 e. The van der Waals surface area contributed by atoms with E-state index in [2.05, 4.69) is 20.1 Å². The van der Waals surface area contributed by atoms with Gasteiger partial charge in [0.1, 0.15) is 16.5 Å². The first kappa shape index (κ1) is 10.9. The van der Waals surface area contributed by atoms with E-state index in [0.717, 1.165) is 15.1 Å². The predicted octanol–water partition coefficient (Wildman–Crippen LogP) is 2.69. The summed E-state index contributed by atoms with van der Waals surface area (Å²) in [4.78, 5) is 12.5. The molecule has 86 valence electrons. The van der Waals surface area contributed by atoms with Crippen molar-refractivity contribution in [2.75, 3.05) is 0 Å². The molecule has 0 saturated carbocycles. The normalized spacial score (nSPS) is 11.2. The number of hydrogen-bond donors (Lipinski definition) is 0. The number of aryl methyl sites for hydroxylation is 1. The van der Waals surface area contributed by atoms with E-state index in [0.29, 0.717) is 10.9 Å². The second kappa shape index (κ2) is 4.25. The molecule has 0 aromatic carbocycles. The molecule has 0 aliphatic rings. The summed E-state index contributed by atoms with van der Waals surface area (Å²) in [6, 6.07) is 1.75. The quantitative estimate of drug-likeness (QED) is 0.677. The topological polar surface area (TPSA) is 56.0 Å². The minimum Gasteiger partial charge on any atom is -0.235 e. The molecule has 0 amide bonds. The molecule has 5 nitrogen and oxygen atoms in total. The lowest BCUT2D eigenvalue weighted by Gasteiger charge is -2.01. The third-order valence-electron chi connectivity index (χ3n) is 1.98. The van der Waals surface area contributed by atoms with Crippen LogP contribution in [0.4, 0.5) is 0 Å². The van der Waals surface area contributed by atoms with Gasteiger partial charge in [-0.05, 0) is 18.7 Å². The van der Waals surface area contributed by atoms with Crippen molar-refractivity contribution in [3.8, 4) is 0 Å². The molecule has 17 heavy (non-hydrogen) atoms. The Bertz CT molecular complexity index is 677. The Hall–Kier alpha value is -1.18. The van der Waals surface area contributed by atoms with Gasteiger partial charge in [-0.25, -0.2) is 4.98 Å². The van der Waals surface area contributed by atoms with E-state index in [1.54, 1.807) is 21.9 Å². The zero-order valence-corrected chi connectivity index (χ0v) is 11.1. The van der Waals surface area contributed by atoms with Gasteiger partial charge < -0.3 is 0 Å². The van der Waals surface area contributed by atoms with Gasteiger partial charge in [0.25, 0.3) is 5.78 Å². The van der Waals surface area contributed by atoms with Crippen LogP contribution in [0.3, 0.4) is 0 Å². The standard InChI is InChI=1S/C9H6ClN5S2/c1-5-3-16-9(13-5)17-7-2-6(10)14-8-11-4-12-15(7)8/h2-4H,1H3. The SMILES string of the molecule is Cc1csc(Sc2cc(Cl)nc3ncnn23)n1. The Balaban J connectivity index is 2.07. The molecule has 3 aromatic heterocycles. The Labute approximate surface area is 110 Å². The number of nitrogens with zero attached hydrogens (tertiary/aromatic N) is 5. The van der Waals surface area contributed by atoms with Gasteiger partial charge in [-0.1, -0.05) is 11.6 Å². The molecule has 0 saturated heterocycles. The van der Waals surface area contributed by atoms with Crippen LogP contribution in [0.15, 0.2) is 27.1 Å². The summed E-state index contributed by atoms with van der Waals surface area (Å²) in [6.07, 6.45) is 1.45. The van der Waals surface area contributed by atoms with Crippen molar-refractivity contribution < 1.29 is 0 Å². The fourth-order valence-corrected chi connectivity index (χ4v) is 3.41. The second-order valence-electron chi connectivity index (χ2n) is 3.25. The summed E-state index contributed by atoms with van der Waals surface area (Å²) in [6.45, 7) is 1.96. The summed E-state index contributed by atoms with van der Waals surface area (Å²) in [5, 5.41) is 7.36. The Morgan fingerprint density at radius 2 is 2.29 bits per heavy atom. The average Bonchev–Trinajstić information content (AvgIpc) is 2.87. The van der Waals surface area contributed by atoms with Crippen LogP contribution in [0.2, 0.25) is 5.15 Å². The summed E-state index contributed by atoms with van der Waals surface area (Å²) >= 11 is 9.02. The van der Waals surface area contributed by atoms with Crippen molar-refractivity contribution >= 4 is 40.5 Å². The van der Waals surface area contributed by atoms with Crippen LogP contribution in [0, 0.1) is 6.92 Å². The van der Waals surface area contributed by atoms with E-state index >= 15 is 0 Å². The fraction of sp³-hybridized carbons (Fsp3) is 0.111. The largest absolute Gasteiger partial charge is 0.254 e. The first-order chi connectivity index (χ1) is 8.22. The van der Waals surface area contributed by atoms with Crippen LogP contribution in [0.1, 0.15) is 5.69 Å². The Kier molecular flexibility index (Phi) is 2.73. The minimum atomic E-state index is 0.404. The van der Waals surface area contributed by atoms with Gasteiger partial charge in [0.15, 0.2) is 4.34 Å². The van der Waals surface area contributed by atoms with Crippen molar-refractivity contribution in [3.63, 3.8) is 0 Å². The third kappa shape index (κ3) is 2.13. The molecular formula is C9H6ClN5S2. The molecule has 3 rings (SSSR count). The molecule has 0 unspecified atom stereocenters. The van der Waals surface area contributed by atoms with Gasteiger partial charge in [-0.3, -0.25) is 0 Å². The summed E-state index contributed by atoms with van der Waals surface area (Å²) < 4.78 is 2.59. The van der Waals surface area contributed by atoms with Crippen molar-refractivity contribution in [2.45, 2.75) is 16.3 Å². The van der Waals surface area contributed by atoms with Gasteiger partial charge in [0.05, 0.1) is 0 Å². The first-order valence-electron chi connectivity index (χ1n) is 4.68. The molecule has 3 heterocycles. The lowest BCUT2D eigenvalue weighted by atomic mass is 10.6. The van der Waals surface area contributed by atoms with E-state index in [1.807, 2.05) is 12.3 Å². The Morgan fingerprint density at radius 1 is 1.41 bits per heavy atom. The van der Waals surface area contributed by atoms with Crippen LogP contribution in [-0.4, -0.2) is 24.6 Å². The van der Waals surface area contributed by atoms with Crippen LogP contribution in [0.5, 0.6) is 0 Å². The number of aromatic nitrogens is 5. The van der Waals surface area contributed by atoms with Crippen molar-refractivity contribution in [1.82, 2.24) is 24.6 Å². The monoisotopic (exact) mass is 283 g/mol. The fourth-order valence-electron chi connectivity index (χ4n) is 1.30. The minimum absolute atomic E-state index is 0.404. The number of fused-ring (bicyclic) bond motifs is 1. The first-order valence-corrected chi connectivity index (χ1v) is 6.76. The number of rotatable bonds is 2. The highest BCUT2D eigenvalue weighted by atomic mass is 35.5. The molecule has 0 atom stereocenters. The van der Waals surface area contributed by atoms with Crippen molar-refractivity contribution in [3.05, 3.63) is 28.6 Å².